The number of para-hydroxylation sites is 1. The number of carbonyl (C=O) groups excluding carboxylic acids is 2. The fourth-order valence-electron chi connectivity index (χ4n) is 4.02. The molecule has 3 aliphatic heterocycles. The van der Waals surface area contributed by atoms with Gasteiger partial charge in [-0.3, -0.25) is 19.8 Å². The molecule has 5 rings (SSSR count). The van der Waals surface area contributed by atoms with Gasteiger partial charge < -0.3 is 14.2 Å². The Labute approximate surface area is 175 Å². The number of ether oxygens (including phenoxy) is 3. The first-order valence-corrected chi connectivity index (χ1v) is 10.1. The summed E-state index contributed by atoms with van der Waals surface area (Å²) in [6.45, 7) is -0.0119. The van der Waals surface area contributed by atoms with Crippen LogP contribution in [0.1, 0.15) is 24.0 Å². The highest BCUT2D eigenvalue weighted by Crippen LogP contribution is 2.56. The van der Waals surface area contributed by atoms with Crippen LogP contribution < -0.4 is 9.64 Å². The first-order valence-electron chi connectivity index (χ1n) is 9.29. The third-order valence-electron chi connectivity index (χ3n) is 5.33. The topological polar surface area (TPSA) is 108 Å². The number of benzene rings is 2. The zero-order valence-electron chi connectivity index (χ0n) is 15.7. The molecule has 1 saturated heterocycles. The summed E-state index contributed by atoms with van der Waals surface area (Å²) in [5.74, 6) is -0.252. The van der Waals surface area contributed by atoms with Crippen LogP contribution in [0.3, 0.4) is 0 Å². The lowest BCUT2D eigenvalue weighted by Gasteiger charge is -2.29. The molecule has 2 aromatic rings. The molecule has 0 aromatic heterocycles. The molecule has 3 aliphatic rings. The quantitative estimate of drug-likeness (QED) is 0.415. The molecular weight excluding hydrogens is 412 g/mol. The van der Waals surface area contributed by atoms with E-state index >= 15 is 0 Å². The predicted molar refractivity (Wildman–Crippen MR) is 105 cm³/mol. The summed E-state index contributed by atoms with van der Waals surface area (Å²) in [4.78, 5) is 37.7. The maximum absolute atomic E-state index is 13.2. The first kappa shape index (κ1) is 18.9. The Hall–Kier alpha value is -3.11. The Morgan fingerprint density at radius 2 is 2.17 bits per heavy atom. The standard InChI is InChI=1S/C20H16N2O7S/c23-17-5-6-20(21(17)15-3-1-2-4-16(15)30-20)19(24)28-10-13-8-14(22(25)26)7-12-9-27-11-29-18(12)13/h1-4,7-8H,5-6,9-11H2/t20-/m0/s1. The highest BCUT2D eigenvalue weighted by Gasteiger charge is 2.58. The molecule has 0 N–H and O–H groups in total. The summed E-state index contributed by atoms with van der Waals surface area (Å²) in [7, 11) is 0. The Kier molecular flexibility index (Phi) is 4.40. The zero-order valence-corrected chi connectivity index (χ0v) is 16.5. The monoisotopic (exact) mass is 428 g/mol. The first-order chi connectivity index (χ1) is 14.5. The Morgan fingerprint density at radius 1 is 1.33 bits per heavy atom. The van der Waals surface area contributed by atoms with E-state index in [0.717, 1.165) is 4.90 Å². The van der Waals surface area contributed by atoms with Crippen LogP contribution in [0.5, 0.6) is 5.75 Å². The Balaban J connectivity index is 1.43. The summed E-state index contributed by atoms with van der Waals surface area (Å²) in [5.41, 5.74) is 1.49. The molecule has 0 bridgehead atoms. The predicted octanol–water partition coefficient (Wildman–Crippen LogP) is 3.13. The lowest BCUT2D eigenvalue weighted by Crippen LogP contribution is -2.47. The normalized spacial score (nSPS) is 21.5. The summed E-state index contributed by atoms with van der Waals surface area (Å²) in [6, 6.07) is 10.1. The van der Waals surface area contributed by atoms with E-state index in [-0.39, 0.29) is 38.0 Å². The van der Waals surface area contributed by atoms with Crippen molar-refractivity contribution in [3.8, 4) is 5.75 Å². The second kappa shape index (κ2) is 6.99. The zero-order chi connectivity index (χ0) is 20.9. The third kappa shape index (κ3) is 2.83. The van der Waals surface area contributed by atoms with Crippen LogP contribution >= 0.6 is 11.8 Å². The second-order valence-electron chi connectivity index (χ2n) is 7.12. The van der Waals surface area contributed by atoms with E-state index in [1.54, 1.807) is 0 Å². The van der Waals surface area contributed by atoms with Gasteiger partial charge in [-0.05, 0) is 12.1 Å². The Bertz CT molecular complexity index is 1090. The van der Waals surface area contributed by atoms with E-state index < -0.39 is 15.8 Å². The molecule has 1 fully saturated rings. The number of carbonyl (C=O) groups is 2. The van der Waals surface area contributed by atoms with E-state index in [0.29, 0.717) is 29.0 Å². The maximum Gasteiger partial charge on any atom is 0.343 e. The molecule has 3 heterocycles. The number of thioether (sulfide) groups is 1. The number of fused-ring (bicyclic) bond motifs is 4. The van der Waals surface area contributed by atoms with Crippen molar-refractivity contribution in [3.63, 3.8) is 0 Å². The van der Waals surface area contributed by atoms with Crippen molar-refractivity contribution >= 4 is 35.0 Å². The van der Waals surface area contributed by atoms with E-state index in [2.05, 4.69) is 0 Å². The SMILES string of the molecule is O=C1CC[C@@]2(C(=O)OCc3cc([N+](=O)[O-])cc4c3OCOC4)Sc3ccccc3N12. The molecule has 0 spiro atoms. The van der Waals surface area contributed by atoms with Crippen molar-refractivity contribution in [3.05, 3.63) is 57.6 Å². The van der Waals surface area contributed by atoms with Gasteiger partial charge in [0.15, 0.2) is 11.7 Å². The average molecular weight is 428 g/mol. The fraction of sp³-hybridized carbons (Fsp3) is 0.300. The number of esters is 1. The number of non-ortho nitro benzene ring substituents is 1. The van der Waals surface area contributed by atoms with Gasteiger partial charge in [0.2, 0.25) is 5.91 Å². The van der Waals surface area contributed by atoms with Gasteiger partial charge in [-0.15, -0.1) is 0 Å². The molecule has 154 valence electrons. The number of nitro benzene ring substituents is 1. The van der Waals surface area contributed by atoms with Gasteiger partial charge in [0, 0.05) is 41.0 Å². The number of amides is 1. The van der Waals surface area contributed by atoms with Gasteiger partial charge in [-0.25, -0.2) is 4.79 Å². The van der Waals surface area contributed by atoms with Crippen LogP contribution in [0.25, 0.3) is 0 Å². The van der Waals surface area contributed by atoms with Crippen LogP contribution in [0.4, 0.5) is 11.4 Å². The van der Waals surface area contributed by atoms with Gasteiger partial charge in [-0.2, -0.15) is 0 Å². The van der Waals surface area contributed by atoms with Crippen molar-refractivity contribution < 1.29 is 28.7 Å². The molecule has 9 nitrogen and oxygen atoms in total. The lowest BCUT2D eigenvalue weighted by molar-refractivity contribution is -0.385. The molecule has 2 aromatic carbocycles. The average Bonchev–Trinajstić information content (AvgIpc) is 3.27. The van der Waals surface area contributed by atoms with E-state index in [9.17, 15) is 19.7 Å². The van der Waals surface area contributed by atoms with Gasteiger partial charge in [0.1, 0.15) is 12.4 Å². The van der Waals surface area contributed by atoms with Crippen LogP contribution in [0, 0.1) is 10.1 Å². The molecular formula is C20H16N2O7S. The summed E-state index contributed by atoms with van der Waals surface area (Å²) in [6.07, 6.45) is 0.588. The number of nitro groups is 1. The maximum atomic E-state index is 13.2. The molecule has 0 aliphatic carbocycles. The van der Waals surface area contributed by atoms with Crippen molar-refractivity contribution in [2.75, 3.05) is 11.7 Å². The van der Waals surface area contributed by atoms with Crippen LogP contribution in [0.15, 0.2) is 41.3 Å². The van der Waals surface area contributed by atoms with Gasteiger partial charge in [0.25, 0.3) is 5.69 Å². The third-order valence-corrected chi connectivity index (χ3v) is 6.79. The van der Waals surface area contributed by atoms with Gasteiger partial charge >= 0.3 is 5.97 Å². The highest BCUT2D eigenvalue weighted by molar-refractivity contribution is 8.02. The Morgan fingerprint density at radius 3 is 3.00 bits per heavy atom. The fourth-order valence-corrected chi connectivity index (χ4v) is 5.43. The molecule has 0 unspecified atom stereocenters. The van der Waals surface area contributed by atoms with Crippen molar-refractivity contribution in [2.45, 2.75) is 35.8 Å². The van der Waals surface area contributed by atoms with E-state index in [1.165, 1.54) is 28.8 Å². The smallest absolute Gasteiger partial charge is 0.343 e. The number of hydrogen-bond donors (Lipinski definition) is 0. The minimum absolute atomic E-state index is 0.0170. The molecule has 0 saturated carbocycles. The molecule has 30 heavy (non-hydrogen) atoms. The molecule has 0 radical (unpaired) electrons. The van der Waals surface area contributed by atoms with Crippen molar-refractivity contribution in [2.24, 2.45) is 0 Å². The van der Waals surface area contributed by atoms with Crippen LogP contribution in [0.2, 0.25) is 0 Å². The molecule has 1 amide bonds. The summed E-state index contributed by atoms with van der Waals surface area (Å²) in [5, 5.41) is 11.3. The molecule has 10 heteroatoms. The lowest BCUT2D eigenvalue weighted by atomic mass is 10.1. The number of rotatable bonds is 4. The number of hydrogen-bond acceptors (Lipinski definition) is 8. The van der Waals surface area contributed by atoms with E-state index in [1.807, 2.05) is 24.3 Å². The van der Waals surface area contributed by atoms with Crippen molar-refractivity contribution in [1.82, 2.24) is 0 Å². The van der Waals surface area contributed by atoms with E-state index in [4.69, 9.17) is 14.2 Å². The summed E-state index contributed by atoms with van der Waals surface area (Å²) >= 11 is 1.31. The highest BCUT2D eigenvalue weighted by atomic mass is 32.2. The summed E-state index contributed by atoms with van der Waals surface area (Å²) < 4.78 is 16.3. The number of anilines is 1. The number of nitrogens with zero attached hydrogens (tertiary/aromatic N) is 2. The van der Waals surface area contributed by atoms with Crippen LogP contribution in [-0.4, -0.2) is 28.5 Å². The minimum atomic E-state index is -1.15. The largest absolute Gasteiger partial charge is 0.467 e. The van der Waals surface area contributed by atoms with Crippen LogP contribution in [-0.2, 0) is 32.3 Å². The molecule has 1 atom stereocenters. The van der Waals surface area contributed by atoms with Gasteiger partial charge in [-0.1, -0.05) is 23.9 Å². The van der Waals surface area contributed by atoms with Gasteiger partial charge in [0.05, 0.1) is 17.2 Å². The minimum Gasteiger partial charge on any atom is -0.467 e. The second-order valence-corrected chi connectivity index (χ2v) is 8.44. The van der Waals surface area contributed by atoms with Crippen molar-refractivity contribution in [1.29, 1.82) is 0 Å².